The van der Waals surface area contributed by atoms with Crippen molar-refractivity contribution >= 4 is 11.0 Å². The van der Waals surface area contributed by atoms with Crippen LogP contribution < -0.4 is 5.32 Å². The third-order valence-electron chi connectivity index (χ3n) is 3.64. The molecule has 0 amide bonds. The normalized spacial score (nSPS) is 15.2. The van der Waals surface area contributed by atoms with Gasteiger partial charge < -0.3 is 15.0 Å². The number of fused-ring (bicyclic) bond motifs is 1. The van der Waals surface area contributed by atoms with E-state index in [0.717, 1.165) is 12.1 Å². The van der Waals surface area contributed by atoms with E-state index in [9.17, 15) is 18.3 Å². The molecule has 122 valence electrons. The van der Waals surface area contributed by atoms with Gasteiger partial charge in [0.2, 0.25) is 0 Å². The molecule has 0 radical (unpaired) electrons. The van der Waals surface area contributed by atoms with Crippen LogP contribution in [0.2, 0.25) is 0 Å². The quantitative estimate of drug-likeness (QED) is 0.892. The first-order valence-electron chi connectivity index (χ1n) is 7.15. The molecule has 1 aromatic heterocycles. The van der Waals surface area contributed by atoms with Gasteiger partial charge in [-0.05, 0) is 45.0 Å². The predicted molar refractivity (Wildman–Crippen MR) is 78.4 cm³/mol. The smallest absolute Gasteiger partial charge is 0.393 e. The minimum absolute atomic E-state index is 0.120. The molecule has 0 unspecified atom stereocenters. The molecule has 22 heavy (non-hydrogen) atoms. The number of hydrogen-bond acceptors (Lipinski definition) is 3. The Balaban J connectivity index is 2.26. The van der Waals surface area contributed by atoms with Gasteiger partial charge in [0.15, 0.2) is 0 Å². The molecule has 2 rings (SSSR count). The number of nitrogens with one attached hydrogen (secondary N) is 1. The van der Waals surface area contributed by atoms with Gasteiger partial charge in [-0.3, -0.25) is 0 Å². The first kappa shape index (κ1) is 16.8. The van der Waals surface area contributed by atoms with Crippen molar-refractivity contribution in [2.45, 2.75) is 38.6 Å². The highest BCUT2D eigenvalue weighted by Crippen LogP contribution is 2.31. The molecule has 0 saturated heterocycles. The average Bonchev–Trinajstić information content (AvgIpc) is 2.74. The summed E-state index contributed by atoms with van der Waals surface area (Å²) in [6, 6.07) is 3.46. The molecule has 0 aliphatic heterocycles. The fourth-order valence-corrected chi connectivity index (χ4v) is 2.38. The van der Waals surface area contributed by atoms with Crippen LogP contribution in [0.4, 0.5) is 13.2 Å². The van der Waals surface area contributed by atoms with E-state index in [1.807, 2.05) is 6.92 Å². The molecule has 7 heteroatoms. The Labute approximate surface area is 127 Å². The molecule has 0 aliphatic carbocycles. The number of aryl methyl sites for hydroxylation is 1. The van der Waals surface area contributed by atoms with E-state index in [1.54, 1.807) is 18.5 Å². The second-order valence-corrected chi connectivity index (χ2v) is 5.54. The molecule has 0 spiro atoms. The number of alkyl halides is 3. The van der Waals surface area contributed by atoms with Gasteiger partial charge in [-0.2, -0.15) is 13.2 Å². The third kappa shape index (κ3) is 3.59. The molecule has 0 aliphatic rings. The SMILES string of the molecule is C[C@H](O)CCN[C@H](C)c1nc2cc(C(F)(F)F)ccc2n1C. The lowest BCUT2D eigenvalue weighted by molar-refractivity contribution is -0.137. The molecule has 0 bridgehead atoms. The Morgan fingerprint density at radius 1 is 1.32 bits per heavy atom. The highest BCUT2D eigenvalue weighted by Gasteiger charge is 2.31. The van der Waals surface area contributed by atoms with E-state index in [-0.39, 0.29) is 6.04 Å². The zero-order chi connectivity index (χ0) is 16.5. The molecule has 1 aromatic carbocycles. The molecule has 0 fully saturated rings. The fraction of sp³-hybridized carbons (Fsp3) is 0.533. The van der Waals surface area contributed by atoms with Crippen molar-refractivity contribution < 1.29 is 18.3 Å². The summed E-state index contributed by atoms with van der Waals surface area (Å²) in [7, 11) is 1.78. The number of nitrogens with zero attached hydrogens (tertiary/aromatic N) is 2. The highest BCUT2D eigenvalue weighted by atomic mass is 19.4. The Bertz CT molecular complexity index is 649. The number of rotatable bonds is 5. The molecule has 2 N–H and O–H groups in total. The first-order valence-corrected chi connectivity index (χ1v) is 7.15. The monoisotopic (exact) mass is 315 g/mol. The highest BCUT2D eigenvalue weighted by molar-refractivity contribution is 5.77. The number of aromatic nitrogens is 2. The van der Waals surface area contributed by atoms with Gasteiger partial charge >= 0.3 is 6.18 Å². The van der Waals surface area contributed by atoms with Crippen LogP contribution in [0.15, 0.2) is 18.2 Å². The summed E-state index contributed by atoms with van der Waals surface area (Å²) in [5, 5.41) is 12.5. The van der Waals surface area contributed by atoms with Crippen molar-refractivity contribution in [2.75, 3.05) is 6.54 Å². The molecular formula is C15H20F3N3O. The standard InChI is InChI=1S/C15H20F3N3O/c1-9(22)6-7-19-10(2)14-20-12-8-11(15(16,17)18)4-5-13(12)21(14)3/h4-5,8-10,19,22H,6-7H2,1-3H3/t9-,10+/m0/s1. The van der Waals surface area contributed by atoms with Crippen molar-refractivity contribution in [1.82, 2.24) is 14.9 Å². The van der Waals surface area contributed by atoms with Crippen LogP contribution in [0.5, 0.6) is 0 Å². The minimum atomic E-state index is -4.37. The lowest BCUT2D eigenvalue weighted by Crippen LogP contribution is -2.24. The Kier molecular flexibility index (Phi) is 4.77. The van der Waals surface area contributed by atoms with E-state index in [0.29, 0.717) is 29.8 Å². The zero-order valence-corrected chi connectivity index (χ0v) is 12.8. The number of aliphatic hydroxyl groups is 1. The average molecular weight is 315 g/mol. The van der Waals surface area contributed by atoms with E-state index in [1.165, 1.54) is 6.07 Å². The van der Waals surface area contributed by atoms with E-state index in [4.69, 9.17) is 0 Å². The number of hydrogen-bond donors (Lipinski definition) is 2. The Morgan fingerprint density at radius 2 is 2.00 bits per heavy atom. The zero-order valence-electron chi connectivity index (χ0n) is 12.8. The maximum atomic E-state index is 12.8. The second kappa shape index (κ2) is 6.26. The van der Waals surface area contributed by atoms with Crippen LogP contribution in [0.25, 0.3) is 11.0 Å². The number of imidazole rings is 1. The number of benzene rings is 1. The van der Waals surface area contributed by atoms with Gasteiger partial charge in [-0.15, -0.1) is 0 Å². The Hall–Kier alpha value is -1.60. The van der Waals surface area contributed by atoms with Gasteiger partial charge in [0.05, 0.1) is 28.7 Å². The molecular weight excluding hydrogens is 295 g/mol. The number of aliphatic hydroxyl groups excluding tert-OH is 1. The molecule has 1 heterocycles. The van der Waals surface area contributed by atoms with Gasteiger partial charge in [0.1, 0.15) is 5.82 Å². The van der Waals surface area contributed by atoms with Crippen LogP contribution in [-0.2, 0) is 13.2 Å². The van der Waals surface area contributed by atoms with Crippen molar-refractivity contribution in [3.05, 3.63) is 29.6 Å². The van der Waals surface area contributed by atoms with Crippen molar-refractivity contribution in [3.63, 3.8) is 0 Å². The minimum Gasteiger partial charge on any atom is -0.393 e. The molecule has 0 saturated carbocycles. The van der Waals surface area contributed by atoms with Gasteiger partial charge in [-0.1, -0.05) is 0 Å². The Morgan fingerprint density at radius 3 is 2.59 bits per heavy atom. The topological polar surface area (TPSA) is 50.1 Å². The van der Waals surface area contributed by atoms with Crippen LogP contribution in [0, 0.1) is 0 Å². The van der Waals surface area contributed by atoms with Crippen LogP contribution in [-0.4, -0.2) is 27.3 Å². The third-order valence-corrected chi connectivity index (χ3v) is 3.64. The lowest BCUT2D eigenvalue weighted by Gasteiger charge is -2.14. The van der Waals surface area contributed by atoms with E-state index < -0.39 is 17.8 Å². The van der Waals surface area contributed by atoms with Crippen molar-refractivity contribution in [2.24, 2.45) is 7.05 Å². The largest absolute Gasteiger partial charge is 0.416 e. The van der Waals surface area contributed by atoms with Crippen LogP contribution >= 0.6 is 0 Å². The molecule has 2 atom stereocenters. The van der Waals surface area contributed by atoms with Gasteiger partial charge in [-0.25, -0.2) is 4.98 Å². The molecule has 4 nitrogen and oxygen atoms in total. The summed E-state index contributed by atoms with van der Waals surface area (Å²) in [4.78, 5) is 4.32. The maximum absolute atomic E-state index is 12.8. The predicted octanol–water partition coefficient (Wildman–Crippen LogP) is 3.01. The fourth-order valence-electron chi connectivity index (χ4n) is 2.38. The summed E-state index contributed by atoms with van der Waals surface area (Å²) in [5.74, 6) is 0.667. The maximum Gasteiger partial charge on any atom is 0.416 e. The van der Waals surface area contributed by atoms with E-state index in [2.05, 4.69) is 10.3 Å². The summed E-state index contributed by atoms with van der Waals surface area (Å²) in [6.45, 7) is 4.21. The van der Waals surface area contributed by atoms with E-state index >= 15 is 0 Å². The first-order chi connectivity index (χ1) is 10.2. The van der Waals surface area contributed by atoms with Crippen LogP contribution in [0.3, 0.4) is 0 Å². The summed E-state index contributed by atoms with van der Waals surface area (Å²) < 4.78 is 40.0. The van der Waals surface area contributed by atoms with Crippen LogP contribution in [0.1, 0.15) is 37.7 Å². The second-order valence-electron chi connectivity index (χ2n) is 5.54. The number of halogens is 3. The van der Waals surface area contributed by atoms with Gasteiger partial charge in [0.25, 0.3) is 0 Å². The lowest BCUT2D eigenvalue weighted by atomic mass is 10.2. The van der Waals surface area contributed by atoms with Crippen molar-refractivity contribution in [3.8, 4) is 0 Å². The summed E-state index contributed by atoms with van der Waals surface area (Å²) >= 11 is 0. The van der Waals surface area contributed by atoms with Crippen molar-refractivity contribution in [1.29, 1.82) is 0 Å². The van der Waals surface area contributed by atoms with Gasteiger partial charge in [0, 0.05) is 7.05 Å². The summed E-state index contributed by atoms with van der Waals surface area (Å²) in [5.41, 5.74) is 0.294. The molecule has 2 aromatic rings. The summed E-state index contributed by atoms with van der Waals surface area (Å²) in [6.07, 6.45) is -4.16.